The summed E-state index contributed by atoms with van der Waals surface area (Å²) in [5.74, 6) is 0.698. The molecule has 1 saturated carbocycles. The molecule has 1 aromatic rings. The van der Waals surface area contributed by atoms with Gasteiger partial charge in [0.25, 0.3) is 10.3 Å². The van der Waals surface area contributed by atoms with Crippen LogP contribution < -0.4 is 5.32 Å². The lowest BCUT2D eigenvalue weighted by molar-refractivity contribution is 0.557. The third-order valence-electron chi connectivity index (χ3n) is 3.22. The summed E-state index contributed by atoms with van der Waals surface area (Å²) in [6, 6.07) is 7.25. The lowest BCUT2D eigenvalue weighted by Gasteiger charge is -2.07. The molecule has 0 spiro atoms. The van der Waals surface area contributed by atoms with E-state index in [0.717, 1.165) is 24.9 Å². The summed E-state index contributed by atoms with van der Waals surface area (Å²) in [6.45, 7) is 4.96. The fourth-order valence-corrected chi connectivity index (χ4v) is 5.16. The highest BCUT2D eigenvalue weighted by molar-refractivity contribution is 8.36. The zero-order valence-electron chi connectivity index (χ0n) is 10.8. The van der Waals surface area contributed by atoms with Crippen LogP contribution in [0.25, 0.3) is 0 Å². The van der Waals surface area contributed by atoms with Crippen molar-refractivity contribution in [2.75, 3.05) is 12.3 Å². The maximum absolute atomic E-state index is 12.3. The monoisotopic (exact) mass is 286 g/mol. The van der Waals surface area contributed by atoms with Gasteiger partial charge in [-0.15, -0.1) is 0 Å². The molecule has 1 aliphatic rings. The van der Waals surface area contributed by atoms with E-state index >= 15 is 0 Å². The smallest absolute Gasteiger partial charge is 0.307 e. The molecule has 1 aliphatic carbocycles. The highest BCUT2D eigenvalue weighted by Crippen LogP contribution is 2.35. The summed E-state index contributed by atoms with van der Waals surface area (Å²) in [6.07, 6.45) is 2.22. The molecule has 0 amide bonds. The van der Waals surface area contributed by atoms with Crippen LogP contribution in [0.15, 0.2) is 29.2 Å². The molecule has 0 aromatic heterocycles. The van der Waals surface area contributed by atoms with Crippen molar-refractivity contribution in [2.24, 2.45) is 0 Å². The van der Waals surface area contributed by atoms with E-state index in [0.29, 0.717) is 10.6 Å². The van der Waals surface area contributed by atoms with Crippen LogP contribution in [-0.2, 0) is 19.1 Å². The van der Waals surface area contributed by atoms with E-state index in [-0.39, 0.29) is 5.54 Å². The Labute approximate surface area is 112 Å². The third kappa shape index (κ3) is 3.29. The minimum Gasteiger partial charge on any atom is -0.307 e. The van der Waals surface area contributed by atoms with Gasteiger partial charge in [0.15, 0.2) is 0 Å². The van der Waals surface area contributed by atoms with E-state index in [2.05, 4.69) is 12.2 Å². The molecule has 3 nitrogen and oxygen atoms in total. The minimum absolute atomic E-state index is 0.107. The Balaban J connectivity index is 2.15. The number of hydrogen-bond donors (Lipinski definition) is 2. The summed E-state index contributed by atoms with van der Waals surface area (Å²) in [5.41, 5.74) is 1.21. The van der Waals surface area contributed by atoms with Crippen LogP contribution in [0.1, 0.15) is 25.3 Å². The highest BCUT2D eigenvalue weighted by Gasteiger charge is 2.46. The molecule has 1 atom stereocenters. The van der Waals surface area contributed by atoms with Crippen molar-refractivity contribution >= 4 is 19.1 Å². The fraction of sp³-hybridized carbons (Fsp3) is 0.538. The van der Waals surface area contributed by atoms with Crippen molar-refractivity contribution in [3.05, 3.63) is 29.8 Å². The zero-order chi connectivity index (χ0) is 13.2. The minimum atomic E-state index is -2.96. The van der Waals surface area contributed by atoms with Crippen molar-refractivity contribution in [2.45, 2.75) is 37.1 Å². The number of nitrogens with one attached hydrogen (secondary N) is 1. The molecule has 1 fully saturated rings. The largest absolute Gasteiger partial charge is 0.326 e. The second kappa shape index (κ2) is 5.25. The Morgan fingerprint density at radius 2 is 2.00 bits per heavy atom. The molecule has 0 aliphatic heterocycles. The first kappa shape index (κ1) is 13.9. The van der Waals surface area contributed by atoms with Gasteiger partial charge < -0.3 is 5.32 Å². The van der Waals surface area contributed by atoms with E-state index in [1.54, 1.807) is 12.1 Å². The van der Waals surface area contributed by atoms with Crippen LogP contribution in [0.2, 0.25) is 0 Å². The van der Waals surface area contributed by atoms with Crippen LogP contribution in [0.5, 0.6) is 0 Å². The Morgan fingerprint density at radius 3 is 2.50 bits per heavy atom. The SMILES string of the molecule is CCNC1(C[S+]=S(=O)(O)c2ccc(C)cc2)CC1. The van der Waals surface area contributed by atoms with Crippen LogP contribution in [0.3, 0.4) is 0 Å². The van der Waals surface area contributed by atoms with Gasteiger partial charge in [-0.05, 0) is 38.4 Å². The predicted molar refractivity (Wildman–Crippen MR) is 78.1 cm³/mol. The van der Waals surface area contributed by atoms with Crippen molar-refractivity contribution < 1.29 is 8.76 Å². The quantitative estimate of drug-likeness (QED) is 0.816. The maximum Gasteiger partial charge on any atom is 0.326 e. The first-order chi connectivity index (χ1) is 8.47. The zero-order valence-corrected chi connectivity index (χ0v) is 12.4. The van der Waals surface area contributed by atoms with Crippen molar-refractivity contribution in [3.63, 3.8) is 0 Å². The lowest BCUT2D eigenvalue weighted by atomic mass is 10.2. The van der Waals surface area contributed by atoms with Crippen LogP contribution >= 0.6 is 0 Å². The molecule has 2 rings (SSSR count). The highest BCUT2D eigenvalue weighted by atomic mass is 32.9. The molecule has 0 heterocycles. The van der Waals surface area contributed by atoms with Gasteiger partial charge in [-0.3, -0.25) is 4.55 Å². The van der Waals surface area contributed by atoms with Crippen LogP contribution in [0.4, 0.5) is 0 Å². The Morgan fingerprint density at radius 1 is 1.39 bits per heavy atom. The Kier molecular flexibility index (Phi) is 4.06. The topological polar surface area (TPSA) is 49.3 Å². The van der Waals surface area contributed by atoms with Gasteiger partial charge in [-0.1, -0.05) is 24.6 Å². The van der Waals surface area contributed by atoms with Gasteiger partial charge in [-0.25, -0.2) is 0 Å². The first-order valence-corrected chi connectivity index (χ1v) is 9.22. The summed E-state index contributed by atoms with van der Waals surface area (Å²) in [4.78, 5) is 0.519. The van der Waals surface area contributed by atoms with Crippen LogP contribution in [-0.4, -0.2) is 26.6 Å². The van der Waals surface area contributed by atoms with Gasteiger partial charge in [0.1, 0.15) is 4.90 Å². The average Bonchev–Trinajstić information content (AvgIpc) is 3.08. The van der Waals surface area contributed by atoms with Crippen molar-refractivity contribution in [1.29, 1.82) is 0 Å². The molecule has 1 unspecified atom stereocenters. The van der Waals surface area contributed by atoms with E-state index in [4.69, 9.17) is 0 Å². The van der Waals surface area contributed by atoms with Crippen molar-refractivity contribution in [3.8, 4) is 0 Å². The van der Waals surface area contributed by atoms with E-state index in [9.17, 15) is 8.76 Å². The predicted octanol–water partition coefficient (Wildman–Crippen LogP) is 2.25. The number of hydrogen-bond acceptors (Lipinski definition) is 2. The number of rotatable bonds is 5. The summed E-state index contributed by atoms with van der Waals surface area (Å²) < 4.78 is 22.4. The molecular weight excluding hydrogens is 266 g/mol. The van der Waals surface area contributed by atoms with Crippen LogP contribution in [0, 0.1) is 6.92 Å². The molecule has 2 N–H and O–H groups in total. The molecule has 0 saturated heterocycles. The summed E-state index contributed by atoms with van der Waals surface area (Å²) in [5, 5.41) is 3.41. The maximum atomic E-state index is 12.3. The summed E-state index contributed by atoms with van der Waals surface area (Å²) >= 11 is 0. The third-order valence-corrected chi connectivity index (χ3v) is 6.97. The van der Waals surface area contributed by atoms with Gasteiger partial charge >= 0.3 is 8.77 Å². The summed E-state index contributed by atoms with van der Waals surface area (Å²) in [7, 11) is -1.79. The van der Waals surface area contributed by atoms with Crippen molar-refractivity contribution in [1.82, 2.24) is 5.32 Å². The van der Waals surface area contributed by atoms with Gasteiger partial charge in [-0.2, -0.15) is 4.21 Å². The van der Waals surface area contributed by atoms with Gasteiger partial charge in [0.05, 0.1) is 5.54 Å². The Hall–Kier alpha value is -0.490. The normalized spacial score (nSPS) is 20.2. The van der Waals surface area contributed by atoms with Gasteiger partial charge in [0, 0.05) is 0 Å². The lowest BCUT2D eigenvalue weighted by Crippen LogP contribution is -2.34. The number of benzene rings is 1. The molecule has 0 radical (unpaired) electrons. The van der Waals surface area contributed by atoms with E-state index in [1.165, 1.54) is 10.3 Å². The fourth-order valence-electron chi connectivity index (χ4n) is 1.87. The molecule has 0 bridgehead atoms. The first-order valence-electron chi connectivity index (χ1n) is 6.20. The molecule has 18 heavy (non-hydrogen) atoms. The molecule has 1 aromatic carbocycles. The molecule has 100 valence electrons. The number of aryl methyl sites for hydroxylation is 1. The standard InChI is InChI=1S/C13H19NO2S2/c1-3-14-13(8-9-13)10-17-18(15,16)12-6-4-11(2)5-7-12/h4-7,14H,3,8-10H2,1-2H3/p+1. The van der Waals surface area contributed by atoms with Gasteiger partial charge in [0.2, 0.25) is 5.75 Å². The Bertz CT molecular complexity index is 526. The molecular formula is C13H20NO2S2+. The second-order valence-electron chi connectivity index (χ2n) is 4.86. The van der Waals surface area contributed by atoms with E-state index < -0.39 is 8.77 Å². The van der Waals surface area contributed by atoms with E-state index in [1.807, 2.05) is 19.1 Å². The average molecular weight is 286 g/mol. The molecule has 5 heteroatoms. The second-order valence-corrected chi connectivity index (χ2v) is 8.87.